The van der Waals surface area contributed by atoms with Gasteiger partial charge < -0.3 is 15.6 Å². The van der Waals surface area contributed by atoms with E-state index in [0.717, 1.165) is 17.0 Å². The fourth-order valence-electron chi connectivity index (χ4n) is 2.99. The van der Waals surface area contributed by atoms with Crippen LogP contribution in [0.4, 0.5) is 0 Å². The van der Waals surface area contributed by atoms with Crippen molar-refractivity contribution < 1.29 is 9.59 Å². The van der Waals surface area contributed by atoms with E-state index in [1.54, 1.807) is 4.90 Å². The summed E-state index contributed by atoms with van der Waals surface area (Å²) in [6, 6.07) is 14.1. The number of rotatable bonds is 5. The minimum absolute atomic E-state index is 0.0876. The average molecular weight is 311 g/mol. The molecule has 0 unspecified atom stereocenters. The maximum atomic E-state index is 12.2. The first kappa shape index (κ1) is 15.3. The van der Waals surface area contributed by atoms with E-state index < -0.39 is 0 Å². The third-order valence-corrected chi connectivity index (χ3v) is 4.38. The number of primary amides is 1. The normalized spacial score (nSPS) is 17.4. The fraction of sp³-hybridized carbons (Fsp3) is 0.333. The zero-order valence-electron chi connectivity index (χ0n) is 13.0. The Morgan fingerprint density at radius 1 is 1.17 bits per heavy atom. The first-order valence-corrected chi connectivity index (χ1v) is 7.94. The SMILES string of the molecule is NC(=O)[C@@H]1CCN(C(=O)CCc2ccc(-c3ccccc3)[nH]2)C1. The number of hydrogen-bond acceptors (Lipinski definition) is 2. The fourth-order valence-corrected chi connectivity index (χ4v) is 2.99. The molecule has 0 spiro atoms. The van der Waals surface area contributed by atoms with Crippen molar-refractivity contribution >= 4 is 11.8 Å². The summed E-state index contributed by atoms with van der Waals surface area (Å²) in [6.45, 7) is 1.10. The molecule has 1 aromatic carbocycles. The van der Waals surface area contributed by atoms with Gasteiger partial charge in [0.15, 0.2) is 0 Å². The molecule has 120 valence electrons. The first-order chi connectivity index (χ1) is 11.1. The Labute approximate surface area is 135 Å². The predicted molar refractivity (Wildman–Crippen MR) is 88.4 cm³/mol. The number of aromatic nitrogens is 1. The summed E-state index contributed by atoms with van der Waals surface area (Å²) in [6.07, 6.45) is 1.80. The molecule has 1 saturated heterocycles. The summed E-state index contributed by atoms with van der Waals surface area (Å²) in [5.41, 5.74) is 8.54. The van der Waals surface area contributed by atoms with Crippen LogP contribution in [0.15, 0.2) is 42.5 Å². The summed E-state index contributed by atoms with van der Waals surface area (Å²) in [4.78, 5) is 28.5. The van der Waals surface area contributed by atoms with Crippen LogP contribution in [0, 0.1) is 5.92 Å². The van der Waals surface area contributed by atoms with Crippen molar-refractivity contribution in [2.24, 2.45) is 11.7 Å². The Morgan fingerprint density at radius 2 is 1.96 bits per heavy atom. The molecule has 2 heterocycles. The zero-order valence-corrected chi connectivity index (χ0v) is 13.0. The van der Waals surface area contributed by atoms with E-state index in [1.165, 1.54) is 0 Å². The summed E-state index contributed by atoms with van der Waals surface area (Å²) in [5.74, 6) is -0.407. The van der Waals surface area contributed by atoms with Gasteiger partial charge >= 0.3 is 0 Å². The van der Waals surface area contributed by atoms with Gasteiger partial charge in [-0.15, -0.1) is 0 Å². The molecule has 3 rings (SSSR count). The van der Waals surface area contributed by atoms with Crippen LogP contribution >= 0.6 is 0 Å². The molecule has 0 aliphatic carbocycles. The van der Waals surface area contributed by atoms with Crippen molar-refractivity contribution in [2.45, 2.75) is 19.3 Å². The Bertz CT molecular complexity index is 693. The standard InChI is InChI=1S/C18H21N3O2/c19-18(23)14-10-11-21(12-14)17(22)9-7-15-6-8-16(20-15)13-4-2-1-3-5-13/h1-6,8,14,20H,7,9-12H2,(H2,19,23)/t14-/m1/s1. The third kappa shape index (κ3) is 3.62. The molecular formula is C18H21N3O2. The van der Waals surface area contributed by atoms with E-state index in [9.17, 15) is 9.59 Å². The van der Waals surface area contributed by atoms with Gasteiger partial charge in [0.2, 0.25) is 11.8 Å². The van der Waals surface area contributed by atoms with Crippen LogP contribution in [-0.4, -0.2) is 34.8 Å². The Kier molecular flexibility index (Phi) is 4.46. The molecule has 23 heavy (non-hydrogen) atoms. The largest absolute Gasteiger partial charge is 0.369 e. The second-order valence-electron chi connectivity index (χ2n) is 5.99. The van der Waals surface area contributed by atoms with Gasteiger partial charge in [0.25, 0.3) is 0 Å². The van der Waals surface area contributed by atoms with Crippen LogP contribution < -0.4 is 5.73 Å². The quantitative estimate of drug-likeness (QED) is 0.885. The number of nitrogens with one attached hydrogen (secondary N) is 1. The van der Waals surface area contributed by atoms with Crippen molar-refractivity contribution in [3.8, 4) is 11.3 Å². The zero-order chi connectivity index (χ0) is 16.2. The summed E-state index contributed by atoms with van der Waals surface area (Å²) in [7, 11) is 0. The van der Waals surface area contributed by atoms with E-state index >= 15 is 0 Å². The van der Waals surface area contributed by atoms with Gasteiger partial charge in [-0.05, 0) is 30.5 Å². The second kappa shape index (κ2) is 6.69. The maximum Gasteiger partial charge on any atom is 0.222 e. The van der Waals surface area contributed by atoms with Crippen LogP contribution in [0.5, 0.6) is 0 Å². The number of amides is 2. The highest BCUT2D eigenvalue weighted by Crippen LogP contribution is 2.20. The smallest absolute Gasteiger partial charge is 0.222 e. The number of likely N-dealkylation sites (tertiary alicyclic amines) is 1. The molecular weight excluding hydrogens is 290 g/mol. The first-order valence-electron chi connectivity index (χ1n) is 7.94. The summed E-state index contributed by atoms with van der Waals surface area (Å²) < 4.78 is 0. The van der Waals surface area contributed by atoms with Crippen LogP contribution in [0.2, 0.25) is 0 Å². The molecule has 5 nitrogen and oxygen atoms in total. The van der Waals surface area contributed by atoms with E-state index in [-0.39, 0.29) is 17.7 Å². The van der Waals surface area contributed by atoms with E-state index in [1.807, 2.05) is 30.3 Å². The minimum Gasteiger partial charge on any atom is -0.369 e. The molecule has 0 saturated carbocycles. The van der Waals surface area contributed by atoms with Crippen molar-refractivity contribution in [3.63, 3.8) is 0 Å². The molecule has 1 aliphatic rings. The number of aryl methyl sites for hydroxylation is 1. The van der Waals surface area contributed by atoms with Gasteiger partial charge in [0.1, 0.15) is 0 Å². The maximum absolute atomic E-state index is 12.2. The lowest BCUT2D eigenvalue weighted by atomic mass is 10.1. The van der Waals surface area contributed by atoms with Crippen molar-refractivity contribution in [2.75, 3.05) is 13.1 Å². The summed E-state index contributed by atoms with van der Waals surface area (Å²) >= 11 is 0. The number of hydrogen-bond donors (Lipinski definition) is 2. The number of nitrogens with zero attached hydrogens (tertiary/aromatic N) is 1. The van der Waals surface area contributed by atoms with E-state index in [0.29, 0.717) is 32.4 Å². The molecule has 1 fully saturated rings. The third-order valence-electron chi connectivity index (χ3n) is 4.38. The highest BCUT2D eigenvalue weighted by atomic mass is 16.2. The van der Waals surface area contributed by atoms with Crippen LogP contribution in [0.25, 0.3) is 11.3 Å². The molecule has 1 aromatic heterocycles. The molecule has 0 bridgehead atoms. The molecule has 3 N–H and O–H groups in total. The Morgan fingerprint density at radius 3 is 2.65 bits per heavy atom. The number of carbonyl (C=O) groups is 2. The minimum atomic E-state index is -0.308. The lowest BCUT2D eigenvalue weighted by molar-refractivity contribution is -0.130. The van der Waals surface area contributed by atoms with E-state index in [2.05, 4.69) is 17.1 Å². The number of H-pyrrole nitrogens is 1. The molecule has 1 atom stereocenters. The van der Waals surface area contributed by atoms with Gasteiger partial charge in [-0.3, -0.25) is 9.59 Å². The van der Waals surface area contributed by atoms with Gasteiger partial charge in [-0.25, -0.2) is 0 Å². The van der Waals surface area contributed by atoms with Gasteiger partial charge in [0.05, 0.1) is 5.92 Å². The molecule has 1 aliphatic heterocycles. The summed E-state index contributed by atoms with van der Waals surface area (Å²) in [5, 5.41) is 0. The van der Waals surface area contributed by atoms with Crippen LogP contribution in [-0.2, 0) is 16.0 Å². The average Bonchev–Trinajstić information content (AvgIpc) is 3.23. The molecule has 2 amide bonds. The number of carbonyl (C=O) groups excluding carboxylic acids is 2. The van der Waals surface area contributed by atoms with Gasteiger partial charge in [0, 0.05) is 30.9 Å². The number of nitrogens with two attached hydrogens (primary N) is 1. The van der Waals surface area contributed by atoms with Gasteiger partial charge in [-0.1, -0.05) is 30.3 Å². The molecule has 0 radical (unpaired) electrons. The van der Waals surface area contributed by atoms with Crippen LogP contribution in [0.1, 0.15) is 18.5 Å². The van der Waals surface area contributed by atoms with E-state index in [4.69, 9.17) is 5.73 Å². The number of aromatic amines is 1. The lowest BCUT2D eigenvalue weighted by Crippen LogP contribution is -2.31. The molecule has 5 heteroatoms. The topological polar surface area (TPSA) is 79.2 Å². The highest BCUT2D eigenvalue weighted by molar-refractivity contribution is 5.81. The van der Waals surface area contributed by atoms with Crippen molar-refractivity contribution in [3.05, 3.63) is 48.2 Å². The Hall–Kier alpha value is -2.56. The monoisotopic (exact) mass is 311 g/mol. The van der Waals surface area contributed by atoms with Gasteiger partial charge in [-0.2, -0.15) is 0 Å². The van der Waals surface area contributed by atoms with Crippen LogP contribution in [0.3, 0.4) is 0 Å². The lowest BCUT2D eigenvalue weighted by Gasteiger charge is -2.15. The highest BCUT2D eigenvalue weighted by Gasteiger charge is 2.29. The van der Waals surface area contributed by atoms with Crippen molar-refractivity contribution in [1.29, 1.82) is 0 Å². The van der Waals surface area contributed by atoms with Crippen molar-refractivity contribution in [1.82, 2.24) is 9.88 Å². The predicted octanol–water partition coefficient (Wildman–Crippen LogP) is 1.95. The number of benzene rings is 1. The second-order valence-corrected chi connectivity index (χ2v) is 5.99. The Balaban J connectivity index is 1.54. The molecule has 2 aromatic rings.